The summed E-state index contributed by atoms with van der Waals surface area (Å²) in [5.41, 5.74) is 0.663. The summed E-state index contributed by atoms with van der Waals surface area (Å²) in [5.74, 6) is 1.08. The van der Waals surface area contributed by atoms with Crippen LogP contribution in [0.3, 0.4) is 0 Å². The quantitative estimate of drug-likeness (QED) is 0.283. The monoisotopic (exact) mass is 504 g/mol. The highest BCUT2D eigenvalue weighted by molar-refractivity contribution is 14.0. The van der Waals surface area contributed by atoms with E-state index in [1.165, 1.54) is 0 Å². The van der Waals surface area contributed by atoms with Crippen LogP contribution < -0.4 is 16.0 Å². The highest BCUT2D eigenvalue weighted by Gasteiger charge is 2.21. The summed E-state index contributed by atoms with van der Waals surface area (Å²) in [6.45, 7) is 11.6. The van der Waals surface area contributed by atoms with Crippen molar-refractivity contribution in [2.45, 2.75) is 26.9 Å². The third-order valence-electron chi connectivity index (χ3n) is 4.01. The number of aromatic nitrogens is 1. The van der Waals surface area contributed by atoms with Crippen molar-refractivity contribution >= 4 is 41.5 Å². The van der Waals surface area contributed by atoms with E-state index in [0.717, 1.165) is 32.8 Å². The van der Waals surface area contributed by atoms with Gasteiger partial charge in [-0.15, -0.1) is 24.0 Å². The van der Waals surface area contributed by atoms with E-state index in [0.29, 0.717) is 24.1 Å². The van der Waals surface area contributed by atoms with Gasteiger partial charge < -0.3 is 20.7 Å². The Morgan fingerprint density at radius 2 is 2.25 bits per heavy atom. The predicted molar refractivity (Wildman–Crippen MR) is 123 cm³/mol. The van der Waals surface area contributed by atoms with E-state index >= 15 is 0 Å². The molecule has 0 spiro atoms. The minimum Gasteiger partial charge on any atom is -0.374 e. The molecule has 1 unspecified atom stereocenters. The molecule has 28 heavy (non-hydrogen) atoms. The number of ether oxygens (including phenoxy) is 1. The van der Waals surface area contributed by atoms with Crippen LogP contribution in [-0.2, 0) is 9.53 Å². The van der Waals surface area contributed by atoms with Crippen molar-refractivity contribution in [3.63, 3.8) is 0 Å². The number of morpholine rings is 1. The van der Waals surface area contributed by atoms with E-state index in [1.807, 2.05) is 6.92 Å². The van der Waals surface area contributed by atoms with Crippen molar-refractivity contribution in [1.29, 1.82) is 0 Å². The normalized spacial score (nSPS) is 17.7. The van der Waals surface area contributed by atoms with Gasteiger partial charge in [0.15, 0.2) is 5.96 Å². The molecule has 2 rings (SSSR count). The van der Waals surface area contributed by atoms with E-state index in [9.17, 15) is 4.79 Å². The molecule has 1 atom stereocenters. The summed E-state index contributed by atoms with van der Waals surface area (Å²) >= 11 is 0. The van der Waals surface area contributed by atoms with Gasteiger partial charge in [0, 0.05) is 38.9 Å². The lowest BCUT2D eigenvalue weighted by molar-refractivity contribution is -0.114. The minimum absolute atomic E-state index is 0. The molecule has 3 N–H and O–H groups in total. The van der Waals surface area contributed by atoms with Gasteiger partial charge in [0.05, 0.1) is 24.6 Å². The van der Waals surface area contributed by atoms with Gasteiger partial charge >= 0.3 is 0 Å². The van der Waals surface area contributed by atoms with E-state index in [4.69, 9.17) is 4.74 Å². The molecule has 1 saturated heterocycles. The zero-order valence-electron chi connectivity index (χ0n) is 17.0. The molecule has 0 bridgehead atoms. The molecule has 9 heteroatoms. The number of halogens is 1. The smallest absolute Gasteiger partial charge is 0.246 e. The maximum absolute atomic E-state index is 12.0. The number of rotatable bonds is 8. The number of aliphatic imine (C=N–C) groups is 1. The largest absolute Gasteiger partial charge is 0.374 e. The zero-order chi connectivity index (χ0) is 19.5. The number of anilines is 1. The Morgan fingerprint density at radius 3 is 2.93 bits per heavy atom. The van der Waals surface area contributed by atoms with Crippen molar-refractivity contribution in [2.24, 2.45) is 10.9 Å². The molecule has 1 aromatic rings. The Hall–Kier alpha value is -1.46. The van der Waals surface area contributed by atoms with Crippen LogP contribution in [0, 0.1) is 5.92 Å². The highest BCUT2D eigenvalue weighted by Crippen LogP contribution is 2.07. The summed E-state index contributed by atoms with van der Waals surface area (Å²) in [6.07, 6.45) is 3.39. The van der Waals surface area contributed by atoms with Gasteiger partial charge in [-0.25, -0.2) is 4.99 Å². The average molecular weight is 504 g/mol. The molecule has 1 aromatic heterocycles. The topological polar surface area (TPSA) is 90.9 Å². The SMILES string of the molecule is CCNC(=NCC(=O)Nc1cccnc1)NCC1CN(CC(C)C)CCO1.I. The molecule has 1 aliphatic rings. The number of guanidine groups is 1. The van der Waals surface area contributed by atoms with Crippen LogP contribution in [0.5, 0.6) is 0 Å². The van der Waals surface area contributed by atoms with E-state index < -0.39 is 0 Å². The van der Waals surface area contributed by atoms with Gasteiger partial charge in [0.1, 0.15) is 6.54 Å². The van der Waals surface area contributed by atoms with Crippen LogP contribution in [-0.4, -0.2) is 73.7 Å². The zero-order valence-corrected chi connectivity index (χ0v) is 19.3. The van der Waals surface area contributed by atoms with Crippen LogP contribution in [0.1, 0.15) is 20.8 Å². The summed E-state index contributed by atoms with van der Waals surface area (Å²) < 4.78 is 5.85. The number of amides is 1. The fraction of sp³-hybridized carbons (Fsp3) is 0.632. The second-order valence-electron chi connectivity index (χ2n) is 7.01. The van der Waals surface area contributed by atoms with Gasteiger partial charge in [-0.2, -0.15) is 0 Å². The number of carbonyl (C=O) groups excluding carboxylic acids is 1. The summed E-state index contributed by atoms with van der Waals surface area (Å²) in [7, 11) is 0. The maximum Gasteiger partial charge on any atom is 0.246 e. The summed E-state index contributed by atoms with van der Waals surface area (Å²) in [5, 5.41) is 9.21. The van der Waals surface area contributed by atoms with Gasteiger partial charge in [-0.05, 0) is 25.0 Å². The highest BCUT2D eigenvalue weighted by atomic mass is 127. The fourth-order valence-electron chi connectivity index (χ4n) is 2.93. The molecule has 0 saturated carbocycles. The molecule has 1 amide bonds. The number of hydrogen-bond acceptors (Lipinski definition) is 5. The van der Waals surface area contributed by atoms with Crippen molar-refractivity contribution in [3.05, 3.63) is 24.5 Å². The summed E-state index contributed by atoms with van der Waals surface area (Å²) in [6, 6.07) is 3.57. The average Bonchev–Trinajstić information content (AvgIpc) is 2.64. The third-order valence-corrected chi connectivity index (χ3v) is 4.01. The van der Waals surface area contributed by atoms with Crippen LogP contribution in [0.15, 0.2) is 29.5 Å². The van der Waals surface area contributed by atoms with E-state index in [2.05, 4.69) is 44.7 Å². The molecule has 8 nitrogen and oxygen atoms in total. The standard InChI is InChI=1S/C19H32N6O2.HI/c1-4-21-19(23-12-18(26)24-16-6-5-7-20-10-16)22-11-17-14-25(8-9-27-17)13-15(2)3;/h5-7,10,15,17H,4,8-9,11-14H2,1-3H3,(H,24,26)(H2,21,22,23);1H. The Kier molecular flexibility index (Phi) is 12.0. The number of nitrogens with one attached hydrogen (secondary N) is 3. The lowest BCUT2D eigenvalue weighted by Crippen LogP contribution is -2.50. The van der Waals surface area contributed by atoms with Crippen LogP contribution in [0.2, 0.25) is 0 Å². The van der Waals surface area contributed by atoms with Gasteiger partial charge in [0.25, 0.3) is 0 Å². The van der Waals surface area contributed by atoms with E-state index in [-0.39, 0.29) is 42.5 Å². The Morgan fingerprint density at radius 1 is 1.43 bits per heavy atom. The first-order chi connectivity index (χ1) is 13.1. The van der Waals surface area contributed by atoms with Gasteiger partial charge in [-0.1, -0.05) is 13.8 Å². The summed E-state index contributed by atoms with van der Waals surface area (Å²) in [4.78, 5) is 22.8. The lowest BCUT2D eigenvalue weighted by atomic mass is 10.2. The lowest BCUT2D eigenvalue weighted by Gasteiger charge is -2.34. The Labute approximate surface area is 184 Å². The molecule has 2 heterocycles. The number of pyridine rings is 1. The first kappa shape index (κ1) is 24.6. The third kappa shape index (κ3) is 9.65. The molecular weight excluding hydrogens is 471 g/mol. The van der Waals surface area contributed by atoms with Crippen molar-refractivity contribution in [3.8, 4) is 0 Å². The molecular formula is C19H33IN6O2. The number of hydrogen-bond donors (Lipinski definition) is 3. The second kappa shape index (κ2) is 13.7. The first-order valence-corrected chi connectivity index (χ1v) is 9.62. The van der Waals surface area contributed by atoms with Crippen LogP contribution >= 0.6 is 24.0 Å². The molecule has 158 valence electrons. The molecule has 0 aromatic carbocycles. The molecule has 1 fully saturated rings. The number of nitrogens with zero attached hydrogens (tertiary/aromatic N) is 3. The van der Waals surface area contributed by atoms with Crippen molar-refractivity contribution in [1.82, 2.24) is 20.5 Å². The van der Waals surface area contributed by atoms with Crippen molar-refractivity contribution < 1.29 is 9.53 Å². The Balaban J connectivity index is 0.00000392. The second-order valence-corrected chi connectivity index (χ2v) is 7.01. The van der Waals surface area contributed by atoms with Crippen molar-refractivity contribution in [2.75, 3.05) is 51.2 Å². The first-order valence-electron chi connectivity index (χ1n) is 9.62. The Bertz CT molecular complexity index is 599. The van der Waals surface area contributed by atoms with Crippen LogP contribution in [0.25, 0.3) is 0 Å². The molecule has 1 aliphatic heterocycles. The fourth-order valence-corrected chi connectivity index (χ4v) is 2.93. The van der Waals surface area contributed by atoms with Gasteiger partial charge in [-0.3, -0.25) is 14.7 Å². The minimum atomic E-state index is -0.183. The molecule has 0 aliphatic carbocycles. The number of carbonyl (C=O) groups is 1. The predicted octanol–water partition coefficient (Wildman–Crippen LogP) is 1.55. The van der Waals surface area contributed by atoms with E-state index in [1.54, 1.807) is 24.5 Å². The van der Waals surface area contributed by atoms with Gasteiger partial charge in [0.2, 0.25) is 5.91 Å². The maximum atomic E-state index is 12.0. The molecule has 0 radical (unpaired) electrons. The van der Waals surface area contributed by atoms with Crippen LogP contribution in [0.4, 0.5) is 5.69 Å².